The van der Waals surface area contributed by atoms with Gasteiger partial charge in [0.15, 0.2) is 0 Å². The molecule has 94 valence electrons. The molecule has 1 rings (SSSR count). The minimum Gasteiger partial charge on any atom is -0.396 e. The molecule has 1 aromatic rings. The summed E-state index contributed by atoms with van der Waals surface area (Å²) < 4.78 is 0. The molecule has 0 radical (unpaired) electrons. The zero-order chi connectivity index (χ0) is 12.8. The maximum Gasteiger partial charge on any atom is 0.271 e. The van der Waals surface area contributed by atoms with Gasteiger partial charge >= 0.3 is 0 Å². The van der Waals surface area contributed by atoms with Crippen LogP contribution in [-0.2, 0) is 4.79 Å². The molecule has 7 heteroatoms. The normalized spacial score (nSPS) is 10.3. The van der Waals surface area contributed by atoms with Gasteiger partial charge in [-0.25, -0.2) is 0 Å². The van der Waals surface area contributed by atoms with Crippen molar-refractivity contribution in [2.75, 3.05) is 12.3 Å². The number of nitrogens with one attached hydrogen (secondary N) is 3. The van der Waals surface area contributed by atoms with Gasteiger partial charge in [-0.15, -0.1) is 0 Å². The number of carbonyl (C=O) groups is 2. The van der Waals surface area contributed by atoms with Gasteiger partial charge in [-0.3, -0.25) is 14.7 Å². The topological polar surface area (TPSA) is 113 Å². The predicted molar refractivity (Wildman–Crippen MR) is 63.2 cm³/mol. The summed E-state index contributed by atoms with van der Waals surface area (Å²) in [6.45, 7) is 4.01. The summed E-state index contributed by atoms with van der Waals surface area (Å²) in [5.41, 5.74) is 6.01. The van der Waals surface area contributed by atoms with E-state index in [1.165, 1.54) is 6.20 Å². The fourth-order valence-electron chi connectivity index (χ4n) is 1.25. The lowest BCUT2D eigenvalue weighted by Gasteiger charge is -2.08. The van der Waals surface area contributed by atoms with E-state index in [-0.39, 0.29) is 42.2 Å². The van der Waals surface area contributed by atoms with E-state index in [2.05, 4.69) is 20.8 Å². The van der Waals surface area contributed by atoms with E-state index in [1.54, 1.807) is 0 Å². The van der Waals surface area contributed by atoms with E-state index in [0.29, 0.717) is 0 Å². The van der Waals surface area contributed by atoms with Crippen LogP contribution in [0.25, 0.3) is 0 Å². The minimum atomic E-state index is -0.364. The van der Waals surface area contributed by atoms with Crippen LogP contribution in [0, 0.1) is 0 Å². The molecule has 7 nitrogen and oxygen atoms in total. The van der Waals surface area contributed by atoms with Crippen molar-refractivity contribution in [3.05, 3.63) is 11.9 Å². The second kappa shape index (κ2) is 5.88. The first-order chi connectivity index (χ1) is 8.00. The molecule has 0 saturated heterocycles. The molecular weight excluding hydrogens is 222 g/mol. The molecular formula is C10H17N5O2. The van der Waals surface area contributed by atoms with Gasteiger partial charge in [0.05, 0.1) is 11.9 Å². The molecule has 0 aliphatic heterocycles. The highest BCUT2D eigenvalue weighted by Crippen LogP contribution is 2.04. The van der Waals surface area contributed by atoms with Gasteiger partial charge in [0.2, 0.25) is 5.91 Å². The van der Waals surface area contributed by atoms with Crippen molar-refractivity contribution < 1.29 is 9.59 Å². The molecule has 17 heavy (non-hydrogen) atoms. The van der Waals surface area contributed by atoms with Crippen LogP contribution in [0.2, 0.25) is 0 Å². The second-order valence-corrected chi connectivity index (χ2v) is 3.93. The van der Waals surface area contributed by atoms with Gasteiger partial charge in [0, 0.05) is 19.0 Å². The lowest BCUT2D eigenvalue weighted by Crippen LogP contribution is -2.34. The average molecular weight is 239 g/mol. The number of carbonyl (C=O) groups excluding carboxylic acids is 2. The highest BCUT2D eigenvalue weighted by atomic mass is 16.2. The van der Waals surface area contributed by atoms with Crippen LogP contribution in [0.5, 0.6) is 0 Å². The van der Waals surface area contributed by atoms with Gasteiger partial charge in [-0.05, 0) is 13.8 Å². The standard InChI is InChI=1S/C10H17N5O2/c1-6(2)14-8(16)3-4-12-10(17)9-7(11)5-13-15-9/h5-6H,3-4,11H2,1-2H3,(H,12,17)(H,13,15)(H,14,16). The molecule has 0 bridgehead atoms. The Hall–Kier alpha value is -2.05. The molecule has 0 unspecified atom stereocenters. The van der Waals surface area contributed by atoms with Gasteiger partial charge in [-0.1, -0.05) is 0 Å². The third-order valence-electron chi connectivity index (χ3n) is 1.98. The summed E-state index contributed by atoms with van der Waals surface area (Å²) >= 11 is 0. The summed E-state index contributed by atoms with van der Waals surface area (Å²) in [6.07, 6.45) is 1.60. The quantitative estimate of drug-likeness (QED) is 0.561. The van der Waals surface area contributed by atoms with Crippen molar-refractivity contribution in [1.82, 2.24) is 20.8 Å². The van der Waals surface area contributed by atoms with Crippen LogP contribution in [0.3, 0.4) is 0 Å². The largest absolute Gasteiger partial charge is 0.396 e. The lowest BCUT2D eigenvalue weighted by atomic mass is 10.3. The van der Waals surface area contributed by atoms with E-state index in [0.717, 1.165) is 0 Å². The molecule has 0 atom stereocenters. The van der Waals surface area contributed by atoms with Gasteiger partial charge in [0.25, 0.3) is 5.91 Å². The van der Waals surface area contributed by atoms with E-state index in [1.807, 2.05) is 13.8 Å². The van der Waals surface area contributed by atoms with Crippen molar-refractivity contribution in [3.8, 4) is 0 Å². The highest BCUT2D eigenvalue weighted by molar-refractivity contribution is 5.97. The molecule has 0 aliphatic carbocycles. The van der Waals surface area contributed by atoms with Gasteiger partial charge in [0.1, 0.15) is 5.69 Å². The Kier molecular flexibility index (Phi) is 4.50. The number of aromatic nitrogens is 2. The number of hydrogen-bond acceptors (Lipinski definition) is 4. The van der Waals surface area contributed by atoms with Crippen molar-refractivity contribution >= 4 is 17.5 Å². The minimum absolute atomic E-state index is 0.0986. The molecule has 0 fully saturated rings. The zero-order valence-electron chi connectivity index (χ0n) is 9.91. The van der Waals surface area contributed by atoms with Gasteiger partial charge in [-0.2, -0.15) is 5.10 Å². The van der Waals surface area contributed by atoms with Crippen LogP contribution in [0.15, 0.2) is 6.20 Å². The van der Waals surface area contributed by atoms with Crippen LogP contribution in [0.1, 0.15) is 30.8 Å². The number of nitrogens with zero attached hydrogens (tertiary/aromatic N) is 1. The Morgan fingerprint density at radius 1 is 1.53 bits per heavy atom. The van der Waals surface area contributed by atoms with E-state index in [9.17, 15) is 9.59 Å². The van der Waals surface area contributed by atoms with Crippen molar-refractivity contribution in [1.29, 1.82) is 0 Å². The van der Waals surface area contributed by atoms with Crippen LogP contribution < -0.4 is 16.4 Å². The monoisotopic (exact) mass is 239 g/mol. The Balaban J connectivity index is 2.30. The molecule has 0 aromatic carbocycles. The predicted octanol–water partition coefficient (Wildman–Crippen LogP) is -0.364. The van der Waals surface area contributed by atoms with E-state index in [4.69, 9.17) is 5.73 Å². The SMILES string of the molecule is CC(C)NC(=O)CCNC(=O)c1[nH]ncc1N. The van der Waals surface area contributed by atoms with E-state index >= 15 is 0 Å². The van der Waals surface area contributed by atoms with Crippen molar-refractivity contribution in [3.63, 3.8) is 0 Å². The first-order valence-corrected chi connectivity index (χ1v) is 5.37. The summed E-state index contributed by atoms with van der Waals surface area (Å²) in [5, 5.41) is 11.4. The summed E-state index contributed by atoms with van der Waals surface area (Å²) in [7, 11) is 0. The molecule has 2 amide bonds. The number of amides is 2. The fraction of sp³-hybridized carbons (Fsp3) is 0.500. The number of aromatic amines is 1. The number of nitrogen functional groups attached to an aromatic ring is 1. The van der Waals surface area contributed by atoms with Gasteiger partial charge < -0.3 is 16.4 Å². The third kappa shape index (κ3) is 4.13. The number of rotatable bonds is 5. The molecule has 0 spiro atoms. The summed E-state index contributed by atoms with van der Waals surface area (Å²) in [4.78, 5) is 22.8. The average Bonchev–Trinajstić information content (AvgIpc) is 2.63. The number of H-pyrrole nitrogens is 1. The fourth-order valence-corrected chi connectivity index (χ4v) is 1.25. The number of hydrogen-bond donors (Lipinski definition) is 4. The second-order valence-electron chi connectivity index (χ2n) is 3.93. The number of anilines is 1. The Morgan fingerprint density at radius 2 is 2.24 bits per heavy atom. The summed E-state index contributed by atoms with van der Waals surface area (Å²) in [5.74, 6) is -0.463. The summed E-state index contributed by atoms with van der Waals surface area (Å²) in [6, 6.07) is 0.0986. The smallest absolute Gasteiger partial charge is 0.271 e. The molecule has 0 saturated carbocycles. The third-order valence-corrected chi connectivity index (χ3v) is 1.98. The van der Waals surface area contributed by atoms with Crippen LogP contribution in [-0.4, -0.2) is 34.6 Å². The first kappa shape index (κ1) is 13.0. The first-order valence-electron chi connectivity index (χ1n) is 5.37. The molecule has 5 N–H and O–H groups in total. The molecule has 1 aromatic heterocycles. The zero-order valence-corrected chi connectivity index (χ0v) is 9.91. The van der Waals surface area contributed by atoms with Crippen LogP contribution >= 0.6 is 0 Å². The van der Waals surface area contributed by atoms with Crippen LogP contribution in [0.4, 0.5) is 5.69 Å². The Bertz CT molecular complexity index is 399. The molecule has 1 heterocycles. The maximum atomic E-state index is 11.5. The number of nitrogens with two attached hydrogens (primary N) is 1. The molecule has 0 aliphatic rings. The lowest BCUT2D eigenvalue weighted by molar-refractivity contribution is -0.121. The Labute approximate surface area is 99.1 Å². The van der Waals surface area contributed by atoms with E-state index < -0.39 is 0 Å². The van der Waals surface area contributed by atoms with Crippen molar-refractivity contribution in [2.45, 2.75) is 26.3 Å². The van der Waals surface area contributed by atoms with Crippen molar-refractivity contribution in [2.24, 2.45) is 0 Å². The maximum absolute atomic E-state index is 11.5. The highest BCUT2D eigenvalue weighted by Gasteiger charge is 2.11. The Morgan fingerprint density at radius 3 is 2.76 bits per heavy atom.